The normalized spacial score (nSPS) is 34.8. The summed E-state index contributed by atoms with van der Waals surface area (Å²) in [6.45, 7) is 7.21. The summed E-state index contributed by atoms with van der Waals surface area (Å²) in [5.41, 5.74) is 0. The maximum atomic E-state index is 3.52. The van der Waals surface area contributed by atoms with Crippen molar-refractivity contribution in [2.45, 2.75) is 89.9 Å². The molecule has 0 aliphatic carbocycles. The molecule has 0 spiro atoms. The molecular formula is C16H32N2. The van der Waals surface area contributed by atoms with Gasteiger partial charge in [-0.05, 0) is 45.6 Å². The van der Waals surface area contributed by atoms with E-state index in [1.807, 2.05) is 0 Å². The highest BCUT2D eigenvalue weighted by Crippen LogP contribution is 2.37. The van der Waals surface area contributed by atoms with Crippen LogP contribution in [0.25, 0.3) is 0 Å². The van der Waals surface area contributed by atoms with Crippen LogP contribution in [0, 0.1) is 5.92 Å². The Morgan fingerprint density at radius 2 is 1.67 bits per heavy atom. The molecular weight excluding hydrogens is 220 g/mol. The zero-order valence-corrected chi connectivity index (χ0v) is 12.8. The molecule has 2 bridgehead atoms. The van der Waals surface area contributed by atoms with E-state index in [-0.39, 0.29) is 0 Å². The second-order valence-electron chi connectivity index (χ2n) is 6.46. The van der Waals surface area contributed by atoms with E-state index in [4.69, 9.17) is 0 Å². The van der Waals surface area contributed by atoms with Crippen molar-refractivity contribution >= 4 is 0 Å². The monoisotopic (exact) mass is 252 g/mol. The van der Waals surface area contributed by atoms with Gasteiger partial charge < -0.3 is 5.32 Å². The molecule has 2 aliphatic heterocycles. The predicted octanol–water partition coefficient (Wildman–Crippen LogP) is 3.42. The van der Waals surface area contributed by atoms with Crippen LogP contribution < -0.4 is 5.32 Å². The van der Waals surface area contributed by atoms with Crippen molar-refractivity contribution in [1.29, 1.82) is 0 Å². The standard InChI is InChI=1S/C16H32N2/c1-5-13(6-2)12(3)18-15-8-7-9-16(18)11-14(10-15)17-4/h12-17H,5-11H2,1-4H3. The van der Waals surface area contributed by atoms with Gasteiger partial charge in [0.15, 0.2) is 0 Å². The number of piperidine rings is 2. The first kappa shape index (κ1) is 14.3. The molecule has 106 valence electrons. The van der Waals surface area contributed by atoms with Crippen LogP contribution in [0.1, 0.15) is 65.7 Å². The minimum atomic E-state index is 0.769. The Bertz CT molecular complexity index is 235. The highest BCUT2D eigenvalue weighted by atomic mass is 15.2. The average Bonchev–Trinajstić information content (AvgIpc) is 2.38. The summed E-state index contributed by atoms with van der Waals surface area (Å²) < 4.78 is 0. The SMILES string of the molecule is CCC(CC)C(C)N1C2CCCC1CC(NC)C2. The van der Waals surface area contributed by atoms with Gasteiger partial charge in [-0.1, -0.05) is 33.1 Å². The van der Waals surface area contributed by atoms with Gasteiger partial charge in [0.05, 0.1) is 0 Å². The highest BCUT2D eigenvalue weighted by Gasteiger charge is 2.41. The van der Waals surface area contributed by atoms with Crippen LogP contribution in [0.15, 0.2) is 0 Å². The summed E-state index contributed by atoms with van der Waals surface area (Å²) >= 11 is 0. The van der Waals surface area contributed by atoms with Crippen molar-refractivity contribution in [3.8, 4) is 0 Å². The first-order chi connectivity index (χ1) is 8.71. The van der Waals surface area contributed by atoms with Gasteiger partial charge in [-0.15, -0.1) is 0 Å². The Balaban J connectivity index is 2.07. The molecule has 2 heterocycles. The van der Waals surface area contributed by atoms with Crippen LogP contribution >= 0.6 is 0 Å². The van der Waals surface area contributed by atoms with Crippen molar-refractivity contribution in [1.82, 2.24) is 10.2 Å². The highest BCUT2D eigenvalue weighted by molar-refractivity contribution is 4.97. The lowest BCUT2D eigenvalue weighted by atomic mass is 9.78. The van der Waals surface area contributed by atoms with Crippen molar-refractivity contribution in [2.24, 2.45) is 5.92 Å². The quantitative estimate of drug-likeness (QED) is 0.806. The summed E-state index contributed by atoms with van der Waals surface area (Å²) in [5, 5.41) is 3.52. The third-order valence-corrected chi connectivity index (χ3v) is 5.64. The summed E-state index contributed by atoms with van der Waals surface area (Å²) in [4.78, 5) is 2.91. The minimum Gasteiger partial charge on any atom is -0.317 e. The summed E-state index contributed by atoms with van der Waals surface area (Å²) in [7, 11) is 2.14. The average molecular weight is 252 g/mol. The van der Waals surface area contributed by atoms with E-state index in [1.54, 1.807) is 0 Å². The van der Waals surface area contributed by atoms with Crippen LogP contribution in [-0.4, -0.2) is 36.1 Å². The fraction of sp³-hybridized carbons (Fsp3) is 1.00. The smallest absolute Gasteiger partial charge is 0.0116 e. The number of rotatable bonds is 5. The molecule has 0 amide bonds. The van der Waals surface area contributed by atoms with E-state index in [0.717, 1.165) is 30.1 Å². The molecule has 3 atom stereocenters. The number of nitrogens with zero attached hydrogens (tertiary/aromatic N) is 1. The van der Waals surface area contributed by atoms with Crippen LogP contribution in [0.4, 0.5) is 0 Å². The first-order valence-corrected chi connectivity index (χ1v) is 8.15. The van der Waals surface area contributed by atoms with Gasteiger partial charge >= 0.3 is 0 Å². The lowest BCUT2D eigenvalue weighted by molar-refractivity contribution is -0.0240. The predicted molar refractivity (Wildman–Crippen MR) is 78.9 cm³/mol. The lowest BCUT2D eigenvalue weighted by Gasteiger charge is -2.53. The molecule has 0 aromatic carbocycles. The van der Waals surface area contributed by atoms with Crippen LogP contribution in [0.5, 0.6) is 0 Å². The van der Waals surface area contributed by atoms with Gasteiger partial charge in [-0.25, -0.2) is 0 Å². The largest absolute Gasteiger partial charge is 0.317 e. The molecule has 1 N–H and O–H groups in total. The molecule has 2 heteroatoms. The summed E-state index contributed by atoms with van der Waals surface area (Å²) in [6, 6.07) is 3.26. The zero-order chi connectivity index (χ0) is 13.1. The van der Waals surface area contributed by atoms with E-state index in [2.05, 4.69) is 38.0 Å². The van der Waals surface area contributed by atoms with Gasteiger partial charge in [0.25, 0.3) is 0 Å². The molecule has 0 radical (unpaired) electrons. The van der Waals surface area contributed by atoms with Gasteiger partial charge in [0.1, 0.15) is 0 Å². The summed E-state index contributed by atoms with van der Waals surface area (Å²) in [5.74, 6) is 0.888. The number of hydrogen-bond donors (Lipinski definition) is 1. The second kappa shape index (κ2) is 6.38. The molecule has 3 unspecified atom stereocenters. The molecule has 2 rings (SSSR count). The molecule has 0 aromatic rings. The van der Waals surface area contributed by atoms with Gasteiger partial charge in [0.2, 0.25) is 0 Å². The second-order valence-corrected chi connectivity index (χ2v) is 6.46. The van der Waals surface area contributed by atoms with Crippen molar-refractivity contribution in [2.75, 3.05) is 7.05 Å². The Labute approximate surface area is 114 Å². The Morgan fingerprint density at radius 1 is 1.11 bits per heavy atom. The van der Waals surface area contributed by atoms with Crippen molar-refractivity contribution < 1.29 is 0 Å². The van der Waals surface area contributed by atoms with E-state index < -0.39 is 0 Å². The molecule has 18 heavy (non-hydrogen) atoms. The topological polar surface area (TPSA) is 15.3 Å². The maximum absolute atomic E-state index is 3.52. The third-order valence-electron chi connectivity index (χ3n) is 5.64. The fourth-order valence-corrected chi connectivity index (χ4v) is 4.53. The molecule has 2 nitrogen and oxygen atoms in total. The number of hydrogen-bond acceptors (Lipinski definition) is 2. The third kappa shape index (κ3) is 2.75. The zero-order valence-electron chi connectivity index (χ0n) is 12.8. The molecule has 2 fully saturated rings. The van der Waals surface area contributed by atoms with Gasteiger partial charge in [-0.3, -0.25) is 4.90 Å². The minimum absolute atomic E-state index is 0.769. The first-order valence-electron chi connectivity index (χ1n) is 8.15. The van der Waals surface area contributed by atoms with Gasteiger partial charge in [0, 0.05) is 24.2 Å². The number of nitrogens with one attached hydrogen (secondary N) is 1. The Hall–Kier alpha value is -0.0800. The van der Waals surface area contributed by atoms with Gasteiger partial charge in [-0.2, -0.15) is 0 Å². The van der Waals surface area contributed by atoms with Crippen LogP contribution in [0.3, 0.4) is 0 Å². The maximum Gasteiger partial charge on any atom is 0.0116 e. The fourth-order valence-electron chi connectivity index (χ4n) is 4.53. The lowest BCUT2D eigenvalue weighted by Crippen LogP contribution is -2.59. The van der Waals surface area contributed by atoms with Crippen LogP contribution in [0.2, 0.25) is 0 Å². The number of fused-ring (bicyclic) bond motifs is 2. The molecule has 0 saturated carbocycles. The van der Waals surface area contributed by atoms with E-state index in [9.17, 15) is 0 Å². The Kier molecular flexibility index (Phi) is 5.08. The molecule has 2 aliphatic rings. The summed E-state index contributed by atoms with van der Waals surface area (Å²) in [6.07, 6.45) is 9.73. The Morgan fingerprint density at radius 3 is 2.11 bits per heavy atom. The molecule has 0 aromatic heterocycles. The van der Waals surface area contributed by atoms with Crippen molar-refractivity contribution in [3.05, 3.63) is 0 Å². The van der Waals surface area contributed by atoms with E-state index in [1.165, 1.54) is 44.9 Å². The molecule has 2 saturated heterocycles. The van der Waals surface area contributed by atoms with E-state index >= 15 is 0 Å². The van der Waals surface area contributed by atoms with Crippen molar-refractivity contribution in [3.63, 3.8) is 0 Å². The van der Waals surface area contributed by atoms with Crippen LogP contribution in [-0.2, 0) is 0 Å². The van der Waals surface area contributed by atoms with E-state index in [0.29, 0.717) is 0 Å².